The van der Waals surface area contributed by atoms with Crippen molar-refractivity contribution in [3.8, 4) is 0 Å². The number of benzene rings is 1. The summed E-state index contributed by atoms with van der Waals surface area (Å²) in [4.78, 5) is 14.0. The van der Waals surface area contributed by atoms with Crippen molar-refractivity contribution >= 4 is 17.4 Å². The smallest absolute Gasteiger partial charge is 0.164 e. The van der Waals surface area contributed by atoms with Gasteiger partial charge in [-0.3, -0.25) is 4.79 Å². The number of Topliss-reactive ketones (excluding diaryl/α,β-unsaturated/α-hetero) is 1. The maximum atomic E-state index is 11.9. The summed E-state index contributed by atoms with van der Waals surface area (Å²) in [5.74, 6) is 0.116. The van der Waals surface area contributed by atoms with Crippen LogP contribution in [0.5, 0.6) is 0 Å². The first kappa shape index (κ1) is 15.2. The monoisotopic (exact) mass is 269 g/mol. The highest BCUT2D eigenvalue weighted by atomic mass is 35.5. The van der Waals surface area contributed by atoms with Gasteiger partial charge in [0.15, 0.2) is 5.78 Å². The molecule has 0 amide bonds. The molecule has 18 heavy (non-hydrogen) atoms. The van der Waals surface area contributed by atoms with E-state index in [1.807, 2.05) is 0 Å². The third-order valence-corrected chi connectivity index (χ3v) is 3.03. The van der Waals surface area contributed by atoms with Gasteiger partial charge in [0.25, 0.3) is 0 Å². The third kappa shape index (κ3) is 5.17. The SMILES string of the molecule is CCCN(CCO)CCC(=O)c1ccc(Cl)cc1. The van der Waals surface area contributed by atoms with Gasteiger partial charge in [0.1, 0.15) is 0 Å². The van der Waals surface area contributed by atoms with Crippen molar-refractivity contribution in [2.45, 2.75) is 19.8 Å². The number of aliphatic hydroxyl groups excluding tert-OH is 1. The van der Waals surface area contributed by atoms with Crippen molar-refractivity contribution in [1.29, 1.82) is 0 Å². The lowest BCUT2D eigenvalue weighted by Crippen LogP contribution is -2.30. The molecule has 4 heteroatoms. The zero-order chi connectivity index (χ0) is 13.4. The highest BCUT2D eigenvalue weighted by Gasteiger charge is 2.09. The number of halogens is 1. The van der Waals surface area contributed by atoms with Crippen LogP contribution in [0.15, 0.2) is 24.3 Å². The lowest BCUT2D eigenvalue weighted by Gasteiger charge is -2.19. The van der Waals surface area contributed by atoms with Crippen LogP contribution in [0.4, 0.5) is 0 Å². The second-order valence-electron chi connectivity index (χ2n) is 4.25. The molecule has 0 heterocycles. The van der Waals surface area contributed by atoms with Crippen molar-refractivity contribution < 1.29 is 9.90 Å². The summed E-state index contributed by atoms with van der Waals surface area (Å²) in [6, 6.07) is 6.96. The van der Waals surface area contributed by atoms with E-state index in [4.69, 9.17) is 16.7 Å². The molecule has 0 fully saturated rings. The number of rotatable bonds is 8. The molecule has 1 aromatic carbocycles. The Bertz CT molecular complexity index is 359. The van der Waals surface area contributed by atoms with Crippen LogP contribution in [0.25, 0.3) is 0 Å². The van der Waals surface area contributed by atoms with Gasteiger partial charge in [0.2, 0.25) is 0 Å². The predicted molar refractivity (Wildman–Crippen MR) is 74.2 cm³/mol. The zero-order valence-electron chi connectivity index (χ0n) is 10.7. The molecule has 0 atom stereocenters. The first-order valence-corrected chi connectivity index (χ1v) is 6.67. The molecular formula is C14H20ClNO2. The molecule has 0 saturated heterocycles. The lowest BCUT2D eigenvalue weighted by atomic mass is 10.1. The van der Waals surface area contributed by atoms with Crippen molar-refractivity contribution in [2.24, 2.45) is 0 Å². The van der Waals surface area contributed by atoms with Gasteiger partial charge >= 0.3 is 0 Å². The summed E-state index contributed by atoms with van der Waals surface area (Å²) in [5.41, 5.74) is 0.694. The van der Waals surface area contributed by atoms with Crippen molar-refractivity contribution in [3.63, 3.8) is 0 Å². The van der Waals surface area contributed by atoms with Gasteiger partial charge in [-0.25, -0.2) is 0 Å². The highest BCUT2D eigenvalue weighted by molar-refractivity contribution is 6.30. The summed E-state index contributed by atoms with van der Waals surface area (Å²) in [6.45, 7) is 4.45. The van der Waals surface area contributed by atoms with E-state index in [0.717, 1.165) is 13.0 Å². The van der Waals surface area contributed by atoms with Crippen molar-refractivity contribution in [1.82, 2.24) is 4.90 Å². The highest BCUT2D eigenvalue weighted by Crippen LogP contribution is 2.11. The van der Waals surface area contributed by atoms with Crippen LogP contribution in [0.3, 0.4) is 0 Å². The Hall–Kier alpha value is -0.900. The first-order valence-electron chi connectivity index (χ1n) is 6.29. The first-order chi connectivity index (χ1) is 8.67. The molecule has 0 aromatic heterocycles. The molecule has 0 spiro atoms. The van der Waals surface area contributed by atoms with E-state index in [1.165, 1.54) is 0 Å². The number of carbonyl (C=O) groups is 1. The van der Waals surface area contributed by atoms with E-state index in [2.05, 4.69) is 11.8 Å². The summed E-state index contributed by atoms with van der Waals surface area (Å²) in [7, 11) is 0. The molecule has 0 saturated carbocycles. The van der Waals surface area contributed by atoms with Gasteiger partial charge in [0, 0.05) is 30.1 Å². The fraction of sp³-hybridized carbons (Fsp3) is 0.500. The van der Waals surface area contributed by atoms with Crippen LogP contribution in [0, 0.1) is 0 Å². The Labute approximate surface area is 113 Å². The second kappa shape index (κ2) is 8.25. The standard InChI is InChI=1S/C14H20ClNO2/c1-2-8-16(10-11-17)9-7-14(18)12-3-5-13(15)6-4-12/h3-6,17H,2,7-11H2,1H3. The minimum absolute atomic E-state index is 0.116. The summed E-state index contributed by atoms with van der Waals surface area (Å²) in [6.07, 6.45) is 1.50. The summed E-state index contributed by atoms with van der Waals surface area (Å²) in [5, 5.41) is 9.57. The molecule has 1 N–H and O–H groups in total. The molecule has 100 valence electrons. The summed E-state index contributed by atoms with van der Waals surface area (Å²) < 4.78 is 0. The Morgan fingerprint density at radius 1 is 1.22 bits per heavy atom. The van der Waals surface area contributed by atoms with E-state index < -0.39 is 0 Å². The largest absolute Gasteiger partial charge is 0.395 e. The van der Waals surface area contributed by atoms with Crippen LogP contribution in [-0.4, -0.2) is 42.0 Å². The summed E-state index contributed by atoms with van der Waals surface area (Å²) >= 11 is 5.78. The molecule has 0 radical (unpaired) electrons. The fourth-order valence-corrected chi connectivity index (χ4v) is 1.96. The van der Waals surface area contributed by atoms with Crippen LogP contribution in [-0.2, 0) is 0 Å². The number of aliphatic hydroxyl groups is 1. The predicted octanol–water partition coefficient (Wildman–Crippen LogP) is 2.62. The molecule has 0 aliphatic rings. The Morgan fingerprint density at radius 3 is 2.44 bits per heavy atom. The lowest BCUT2D eigenvalue weighted by molar-refractivity contribution is 0.0957. The minimum Gasteiger partial charge on any atom is -0.395 e. The molecule has 0 unspecified atom stereocenters. The third-order valence-electron chi connectivity index (χ3n) is 2.78. The molecule has 0 aliphatic heterocycles. The fourth-order valence-electron chi connectivity index (χ4n) is 1.83. The van der Waals surface area contributed by atoms with E-state index in [1.54, 1.807) is 24.3 Å². The van der Waals surface area contributed by atoms with Crippen LogP contribution in [0.1, 0.15) is 30.1 Å². The van der Waals surface area contributed by atoms with Crippen molar-refractivity contribution in [3.05, 3.63) is 34.9 Å². The Balaban J connectivity index is 2.46. The van der Waals surface area contributed by atoms with Gasteiger partial charge < -0.3 is 10.0 Å². The maximum absolute atomic E-state index is 11.9. The van der Waals surface area contributed by atoms with E-state index in [9.17, 15) is 4.79 Å². The minimum atomic E-state index is 0.116. The van der Waals surface area contributed by atoms with Gasteiger partial charge in [-0.15, -0.1) is 0 Å². The number of hydrogen-bond acceptors (Lipinski definition) is 3. The maximum Gasteiger partial charge on any atom is 0.164 e. The number of hydrogen-bond donors (Lipinski definition) is 1. The van der Waals surface area contributed by atoms with Gasteiger partial charge in [0.05, 0.1) is 6.61 Å². The second-order valence-corrected chi connectivity index (χ2v) is 4.68. The van der Waals surface area contributed by atoms with Crippen molar-refractivity contribution in [2.75, 3.05) is 26.2 Å². The van der Waals surface area contributed by atoms with Gasteiger partial charge in [-0.05, 0) is 37.2 Å². The van der Waals surface area contributed by atoms with E-state index in [-0.39, 0.29) is 12.4 Å². The Morgan fingerprint density at radius 2 is 1.89 bits per heavy atom. The quantitative estimate of drug-likeness (QED) is 0.738. The van der Waals surface area contributed by atoms with Crippen LogP contribution in [0.2, 0.25) is 5.02 Å². The Kier molecular flexibility index (Phi) is 6.94. The average Bonchev–Trinajstić information content (AvgIpc) is 2.37. The van der Waals surface area contributed by atoms with E-state index in [0.29, 0.717) is 30.1 Å². The molecule has 1 aromatic rings. The molecule has 0 bridgehead atoms. The molecule has 0 aliphatic carbocycles. The molecule has 1 rings (SSSR count). The van der Waals surface area contributed by atoms with Gasteiger partial charge in [-0.1, -0.05) is 18.5 Å². The van der Waals surface area contributed by atoms with Crippen LogP contribution < -0.4 is 0 Å². The average molecular weight is 270 g/mol. The number of carbonyl (C=O) groups excluding carboxylic acids is 1. The van der Waals surface area contributed by atoms with Crippen LogP contribution >= 0.6 is 11.6 Å². The van der Waals surface area contributed by atoms with Gasteiger partial charge in [-0.2, -0.15) is 0 Å². The topological polar surface area (TPSA) is 40.5 Å². The number of ketones is 1. The normalized spacial score (nSPS) is 10.9. The molecular weight excluding hydrogens is 250 g/mol. The van der Waals surface area contributed by atoms with E-state index >= 15 is 0 Å². The zero-order valence-corrected chi connectivity index (χ0v) is 11.5. The number of nitrogens with zero attached hydrogens (tertiary/aromatic N) is 1. The molecule has 3 nitrogen and oxygen atoms in total.